The van der Waals surface area contributed by atoms with Crippen LogP contribution in [-0.2, 0) is 13.6 Å². The third-order valence-electron chi connectivity index (χ3n) is 3.24. The van der Waals surface area contributed by atoms with Crippen LogP contribution in [0.4, 0.5) is 0 Å². The van der Waals surface area contributed by atoms with Crippen molar-refractivity contribution >= 4 is 0 Å². The maximum absolute atomic E-state index is 4.16. The van der Waals surface area contributed by atoms with Crippen molar-refractivity contribution in [3.05, 3.63) is 18.0 Å². The molecule has 0 spiro atoms. The second kappa shape index (κ2) is 5.46. The van der Waals surface area contributed by atoms with Gasteiger partial charge in [0.15, 0.2) is 0 Å². The highest BCUT2D eigenvalue weighted by molar-refractivity contribution is 5.02. The maximum Gasteiger partial charge on any atom is 0.0534 e. The van der Waals surface area contributed by atoms with E-state index in [1.165, 1.54) is 31.5 Å². The molecule has 4 nitrogen and oxygen atoms in total. The molecule has 1 fully saturated rings. The summed E-state index contributed by atoms with van der Waals surface area (Å²) in [6.45, 7) is 4.56. The zero-order chi connectivity index (χ0) is 11.4. The SMILES string of the molecule is CN1CCCC(CNCc2cnn(C)c2)C1. The Morgan fingerprint density at radius 3 is 3.06 bits per heavy atom. The number of likely N-dealkylation sites (tertiary alicyclic amines) is 1. The van der Waals surface area contributed by atoms with Crippen molar-refractivity contribution in [2.45, 2.75) is 19.4 Å². The van der Waals surface area contributed by atoms with E-state index in [1.807, 2.05) is 17.9 Å². The molecule has 90 valence electrons. The van der Waals surface area contributed by atoms with Gasteiger partial charge in [-0.15, -0.1) is 0 Å². The molecule has 0 aromatic carbocycles. The molecule has 0 saturated carbocycles. The molecular formula is C12H22N4. The van der Waals surface area contributed by atoms with E-state index in [1.54, 1.807) is 0 Å². The molecule has 2 heterocycles. The average molecular weight is 222 g/mol. The summed E-state index contributed by atoms with van der Waals surface area (Å²) in [5, 5.41) is 7.69. The molecule has 0 radical (unpaired) electrons. The Morgan fingerprint density at radius 1 is 1.50 bits per heavy atom. The van der Waals surface area contributed by atoms with Gasteiger partial charge in [0, 0.05) is 31.9 Å². The van der Waals surface area contributed by atoms with Crippen molar-refractivity contribution in [1.29, 1.82) is 0 Å². The topological polar surface area (TPSA) is 33.1 Å². The quantitative estimate of drug-likeness (QED) is 0.820. The van der Waals surface area contributed by atoms with Gasteiger partial charge in [-0.2, -0.15) is 5.10 Å². The molecule has 1 atom stereocenters. The van der Waals surface area contributed by atoms with E-state index in [9.17, 15) is 0 Å². The molecule has 0 bridgehead atoms. The maximum atomic E-state index is 4.16. The van der Waals surface area contributed by atoms with E-state index in [0.29, 0.717) is 0 Å². The van der Waals surface area contributed by atoms with Gasteiger partial charge in [0.1, 0.15) is 0 Å². The summed E-state index contributed by atoms with van der Waals surface area (Å²) in [5.74, 6) is 0.815. The number of rotatable bonds is 4. The molecular weight excluding hydrogens is 200 g/mol. The Hall–Kier alpha value is -0.870. The summed E-state index contributed by atoms with van der Waals surface area (Å²) in [6.07, 6.45) is 6.71. The Morgan fingerprint density at radius 2 is 2.38 bits per heavy atom. The number of hydrogen-bond donors (Lipinski definition) is 1. The first-order valence-corrected chi connectivity index (χ1v) is 6.11. The van der Waals surface area contributed by atoms with Gasteiger partial charge in [0.2, 0.25) is 0 Å². The molecule has 1 aliphatic heterocycles. The number of nitrogens with one attached hydrogen (secondary N) is 1. The molecule has 0 amide bonds. The minimum Gasteiger partial charge on any atom is -0.312 e. The fourth-order valence-electron chi connectivity index (χ4n) is 2.42. The number of aryl methyl sites for hydroxylation is 1. The van der Waals surface area contributed by atoms with E-state index in [0.717, 1.165) is 19.0 Å². The zero-order valence-electron chi connectivity index (χ0n) is 10.3. The largest absolute Gasteiger partial charge is 0.312 e. The fraction of sp³-hybridized carbons (Fsp3) is 0.750. The van der Waals surface area contributed by atoms with Crippen LogP contribution in [-0.4, -0.2) is 41.4 Å². The van der Waals surface area contributed by atoms with Crippen LogP contribution in [0.15, 0.2) is 12.4 Å². The molecule has 1 aromatic rings. The van der Waals surface area contributed by atoms with Gasteiger partial charge in [0.25, 0.3) is 0 Å². The average Bonchev–Trinajstić information content (AvgIpc) is 2.64. The monoisotopic (exact) mass is 222 g/mol. The van der Waals surface area contributed by atoms with Crippen molar-refractivity contribution in [1.82, 2.24) is 20.0 Å². The van der Waals surface area contributed by atoms with Gasteiger partial charge in [-0.3, -0.25) is 4.68 Å². The minimum absolute atomic E-state index is 0.815. The Labute approximate surface area is 97.6 Å². The summed E-state index contributed by atoms with van der Waals surface area (Å²) in [5.41, 5.74) is 1.27. The molecule has 1 N–H and O–H groups in total. The van der Waals surface area contributed by atoms with Gasteiger partial charge in [-0.1, -0.05) is 0 Å². The predicted octanol–water partition coefficient (Wildman–Crippen LogP) is 0.851. The third-order valence-corrected chi connectivity index (χ3v) is 3.24. The smallest absolute Gasteiger partial charge is 0.0534 e. The van der Waals surface area contributed by atoms with Crippen LogP contribution >= 0.6 is 0 Å². The summed E-state index contributed by atoms with van der Waals surface area (Å²) in [7, 11) is 4.17. The van der Waals surface area contributed by atoms with Crippen LogP contribution in [0, 0.1) is 5.92 Å². The highest BCUT2D eigenvalue weighted by atomic mass is 15.2. The lowest BCUT2D eigenvalue weighted by Crippen LogP contribution is -2.37. The van der Waals surface area contributed by atoms with Crippen molar-refractivity contribution in [2.75, 3.05) is 26.7 Å². The Balaban J connectivity index is 1.67. The van der Waals surface area contributed by atoms with Gasteiger partial charge in [-0.25, -0.2) is 0 Å². The van der Waals surface area contributed by atoms with Crippen LogP contribution in [0.25, 0.3) is 0 Å². The summed E-state index contributed by atoms with van der Waals surface area (Å²) < 4.78 is 1.85. The lowest BCUT2D eigenvalue weighted by molar-refractivity contribution is 0.206. The van der Waals surface area contributed by atoms with E-state index in [4.69, 9.17) is 0 Å². The van der Waals surface area contributed by atoms with E-state index >= 15 is 0 Å². The van der Waals surface area contributed by atoms with Crippen LogP contribution in [0.3, 0.4) is 0 Å². The lowest BCUT2D eigenvalue weighted by Gasteiger charge is -2.29. The lowest BCUT2D eigenvalue weighted by atomic mass is 9.98. The van der Waals surface area contributed by atoms with Crippen molar-refractivity contribution in [2.24, 2.45) is 13.0 Å². The van der Waals surface area contributed by atoms with Crippen LogP contribution < -0.4 is 5.32 Å². The summed E-state index contributed by atoms with van der Waals surface area (Å²) >= 11 is 0. The second-order valence-corrected chi connectivity index (χ2v) is 4.92. The number of piperidine rings is 1. The Bertz CT molecular complexity index is 321. The molecule has 1 unspecified atom stereocenters. The van der Waals surface area contributed by atoms with Gasteiger partial charge >= 0.3 is 0 Å². The molecule has 4 heteroatoms. The highest BCUT2D eigenvalue weighted by Gasteiger charge is 2.16. The first kappa shape index (κ1) is 11.6. The zero-order valence-corrected chi connectivity index (χ0v) is 10.3. The van der Waals surface area contributed by atoms with Crippen LogP contribution in [0.2, 0.25) is 0 Å². The summed E-state index contributed by atoms with van der Waals surface area (Å²) in [4.78, 5) is 2.43. The number of nitrogens with zero attached hydrogens (tertiary/aromatic N) is 3. The minimum atomic E-state index is 0.815. The molecule has 1 saturated heterocycles. The van der Waals surface area contributed by atoms with Gasteiger partial charge < -0.3 is 10.2 Å². The predicted molar refractivity (Wildman–Crippen MR) is 65.1 cm³/mol. The second-order valence-electron chi connectivity index (χ2n) is 4.92. The normalized spacial score (nSPS) is 22.5. The van der Waals surface area contributed by atoms with Gasteiger partial charge in [-0.05, 0) is 38.9 Å². The van der Waals surface area contributed by atoms with Crippen molar-refractivity contribution in [3.8, 4) is 0 Å². The molecule has 0 aliphatic carbocycles. The molecule has 1 aliphatic rings. The molecule has 16 heavy (non-hydrogen) atoms. The fourth-order valence-corrected chi connectivity index (χ4v) is 2.42. The highest BCUT2D eigenvalue weighted by Crippen LogP contribution is 2.13. The van der Waals surface area contributed by atoms with Crippen LogP contribution in [0.5, 0.6) is 0 Å². The molecule has 2 rings (SSSR count). The third kappa shape index (κ3) is 3.32. The van der Waals surface area contributed by atoms with Crippen molar-refractivity contribution < 1.29 is 0 Å². The number of hydrogen-bond acceptors (Lipinski definition) is 3. The van der Waals surface area contributed by atoms with E-state index < -0.39 is 0 Å². The number of aromatic nitrogens is 2. The van der Waals surface area contributed by atoms with E-state index in [2.05, 4.69) is 28.6 Å². The van der Waals surface area contributed by atoms with Crippen LogP contribution in [0.1, 0.15) is 18.4 Å². The summed E-state index contributed by atoms with van der Waals surface area (Å²) in [6, 6.07) is 0. The first-order valence-electron chi connectivity index (χ1n) is 6.11. The standard InChI is InChI=1S/C12H22N4/c1-15-5-3-4-11(9-15)6-13-7-12-8-14-16(2)10-12/h8,10-11,13H,3-7,9H2,1-2H3. The van der Waals surface area contributed by atoms with Crippen molar-refractivity contribution in [3.63, 3.8) is 0 Å². The Kier molecular flexibility index (Phi) is 3.96. The van der Waals surface area contributed by atoms with E-state index in [-0.39, 0.29) is 0 Å². The first-order chi connectivity index (χ1) is 7.74. The molecule has 1 aromatic heterocycles. The van der Waals surface area contributed by atoms with Gasteiger partial charge in [0.05, 0.1) is 6.20 Å².